The van der Waals surface area contributed by atoms with Gasteiger partial charge in [0.15, 0.2) is 0 Å². The van der Waals surface area contributed by atoms with Crippen LogP contribution in [0.25, 0.3) is 0 Å². The molecule has 3 N–H and O–H groups in total. The molecule has 0 aromatic heterocycles. The van der Waals surface area contributed by atoms with Gasteiger partial charge in [-0.25, -0.2) is 0 Å². The zero-order chi connectivity index (χ0) is 11.4. The summed E-state index contributed by atoms with van der Waals surface area (Å²) in [4.78, 5) is 2.58. The number of hydrogen-bond donors (Lipinski definition) is 2. The van der Waals surface area contributed by atoms with Crippen LogP contribution in [0.4, 0.5) is 0 Å². The van der Waals surface area contributed by atoms with E-state index in [0.29, 0.717) is 18.7 Å². The van der Waals surface area contributed by atoms with Crippen molar-refractivity contribution in [1.82, 2.24) is 4.90 Å². The number of aliphatic hydroxyl groups excluding tert-OH is 1. The van der Waals surface area contributed by atoms with E-state index in [1.54, 1.807) is 0 Å². The summed E-state index contributed by atoms with van der Waals surface area (Å²) in [6.07, 6.45) is 10.2. The fourth-order valence-electron chi connectivity index (χ4n) is 3.45. The van der Waals surface area contributed by atoms with Gasteiger partial charge in [-0.2, -0.15) is 0 Å². The molecule has 2 aliphatic carbocycles. The summed E-state index contributed by atoms with van der Waals surface area (Å²) in [5.74, 6) is 0. The van der Waals surface area contributed by atoms with Gasteiger partial charge in [-0.05, 0) is 38.5 Å². The second-order valence-corrected chi connectivity index (χ2v) is 5.47. The zero-order valence-corrected chi connectivity index (χ0v) is 10.3. The molecule has 16 heavy (non-hydrogen) atoms. The summed E-state index contributed by atoms with van der Waals surface area (Å²) in [5, 5.41) is 9.21. The highest BCUT2D eigenvalue weighted by Crippen LogP contribution is 2.30. The minimum atomic E-state index is 0.305. The van der Waals surface area contributed by atoms with Crippen molar-refractivity contribution in [3.63, 3.8) is 0 Å². The van der Waals surface area contributed by atoms with Crippen LogP contribution >= 0.6 is 0 Å². The molecule has 0 atom stereocenters. The van der Waals surface area contributed by atoms with Crippen LogP contribution in [-0.2, 0) is 0 Å². The largest absolute Gasteiger partial charge is 0.395 e. The molecule has 0 bridgehead atoms. The van der Waals surface area contributed by atoms with Crippen LogP contribution in [0.15, 0.2) is 0 Å². The number of nitrogens with two attached hydrogens (primary N) is 1. The van der Waals surface area contributed by atoms with E-state index in [1.807, 2.05) is 0 Å². The molecule has 0 spiro atoms. The lowest BCUT2D eigenvalue weighted by Crippen LogP contribution is -2.46. The van der Waals surface area contributed by atoms with E-state index >= 15 is 0 Å². The molecule has 3 heteroatoms. The van der Waals surface area contributed by atoms with Crippen LogP contribution in [-0.4, -0.2) is 41.3 Å². The minimum Gasteiger partial charge on any atom is -0.395 e. The first-order valence-corrected chi connectivity index (χ1v) is 6.93. The van der Waals surface area contributed by atoms with E-state index in [-0.39, 0.29) is 0 Å². The Morgan fingerprint density at radius 3 is 2.06 bits per heavy atom. The van der Waals surface area contributed by atoms with E-state index in [1.165, 1.54) is 51.4 Å². The number of hydrogen-bond acceptors (Lipinski definition) is 3. The van der Waals surface area contributed by atoms with E-state index in [4.69, 9.17) is 5.73 Å². The van der Waals surface area contributed by atoms with E-state index < -0.39 is 0 Å². The van der Waals surface area contributed by atoms with Gasteiger partial charge in [0.25, 0.3) is 0 Å². The molecule has 0 aromatic carbocycles. The first-order chi connectivity index (χ1) is 7.81. The average molecular weight is 226 g/mol. The van der Waals surface area contributed by atoms with Crippen LogP contribution < -0.4 is 5.73 Å². The summed E-state index contributed by atoms with van der Waals surface area (Å²) in [6.45, 7) is 1.17. The fraction of sp³-hybridized carbons (Fsp3) is 1.00. The lowest BCUT2D eigenvalue weighted by atomic mass is 9.89. The lowest BCUT2D eigenvalue weighted by molar-refractivity contribution is 0.0793. The standard InChI is InChI=1S/C13H26N2O/c14-11-5-7-13(8-6-11)15(9-10-16)12-3-1-2-4-12/h11-13,16H,1-10,14H2. The number of nitrogens with zero attached hydrogens (tertiary/aromatic N) is 1. The van der Waals surface area contributed by atoms with Crippen LogP contribution in [0.2, 0.25) is 0 Å². The monoisotopic (exact) mass is 226 g/mol. The SMILES string of the molecule is NC1CCC(N(CCO)C2CCCC2)CC1. The summed E-state index contributed by atoms with van der Waals surface area (Å²) in [5.41, 5.74) is 5.96. The van der Waals surface area contributed by atoms with Gasteiger partial charge in [0.1, 0.15) is 0 Å². The third kappa shape index (κ3) is 2.96. The van der Waals surface area contributed by atoms with Crippen LogP contribution in [0.5, 0.6) is 0 Å². The van der Waals surface area contributed by atoms with Crippen LogP contribution in [0, 0.1) is 0 Å². The molecule has 2 aliphatic rings. The Hall–Kier alpha value is -0.120. The predicted molar refractivity (Wildman–Crippen MR) is 66.3 cm³/mol. The van der Waals surface area contributed by atoms with Crippen molar-refractivity contribution in [1.29, 1.82) is 0 Å². The molecule has 0 aromatic rings. The van der Waals surface area contributed by atoms with Crippen molar-refractivity contribution >= 4 is 0 Å². The Morgan fingerprint density at radius 2 is 1.50 bits per heavy atom. The highest BCUT2D eigenvalue weighted by molar-refractivity contribution is 4.86. The second kappa shape index (κ2) is 5.99. The van der Waals surface area contributed by atoms with Gasteiger partial charge in [0, 0.05) is 24.7 Å². The van der Waals surface area contributed by atoms with Gasteiger partial charge in [-0.3, -0.25) is 4.90 Å². The van der Waals surface area contributed by atoms with Crippen molar-refractivity contribution in [2.24, 2.45) is 5.73 Å². The van der Waals surface area contributed by atoms with E-state index in [0.717, 1.165) is 12.6 Å². The molecule has 0 heterocycles. The maximum atomic E-state index is 9.21. The maximum absolute atomic E-state index is 9.21. The first-order valence-electron chi connectivity index (χ1n) is 6.93. The molecule has 3 nitrogen and oxygen atoms in total. The van der Waals surface area contributed by atoms with Gasteiger partial charge in [0.2, 0.25) is 0 Å². The Bertz CT molecular complexity index is 196. The summed E-state index contributed by atoms with van der Waals surface area (Å²) in [6, 6.07) is 1.86. The van der Waals surface area contributed by atoms with Crippen molar-refractivity contribution in [2.75, 3.05) is 13.2 Å². The molecule has 2 rings (SSSR count). The van der Waals surface area contributed by atoms with Gasteiger partial charge >= 0.3 is 0 Å². The van der Waals surface area contributed by atoms with Crippen molar-refractivity contribution in [3.8, 4) is 0 Å². The predicted octanol–water partition coefficient (Wildman–Crippen LogP) is 1.49. The minimum absolute atomic E-state index is 0.305. The molecular formula is C13H26N2O. The Morgan fingerprint density at radius 1 is 0.938 bits per heavy atom. The van der Waals surface area contributed by atoms with E-state index in [9.17, 15) is 5.11 Å². The van der Waals surface area contributed by atoms with Crippen molar-refractivity contribution in [2.45, 2.75) is 69.5 Å². The topological polar surface area (TPSA) is 49.5 Å². The quantitative estimate of drug-likeness (QED) is 0.763. The molecule has 0 amide bonds. The Labute approximate surface area is 99.0 Å². The second-order valence-electron chi connectivity index (χ2n) is 5.47. The van der Waals surface area contributed by atoms with Gasteiger partial charge < -0.3 is 10.8 Å². The smallest absolute Gasteiger partial charge is 0.0558 e. The molecule has 2 fully saturated rings. The van der Waals surface area contributed by atoms with E-state index in [2.05, 4.69) is 4.90 Å². The zero-order valence-electron chi connectivity index (χ0n) is 10.3. The van der Waals surface area contributed by atoms with Crippen LogP contribution in [0.1, 0.15) is 51.4 Å². The van der Waals surface area contributed by atoms with Gasteiger partial charge in [-0.15, -0.1) is 0 Å². The van der Waals surface area contributed by atoms with Crippen molar-refractivity contribution in [3.05, 3.63) is 0 Å². The maximum Gasteiger partial charge on any atom is 0.0558 e. The third-order valence-electron chi connectivity index (χ3n) is 4.36. The summed E-state index contributed by atoms with van der Waals surface area (Å²) in [7, 11) is 0. The molecule has 2 saturated carbocycles. The lowest BCUT2D eigenvalue weighted by Gasteiger charge is -2.39. The van der Waals surface area contributed by atoms with Crippen LogP contribution in [0.3, 0.4) is 0 Å². The number of aliphatic hydroxyl groups is 1. The van der Waals surface area contributed by atoms with Gasteiger partial charge in [-0.1, -0.05) is 12.8 Å². The molecular weight excluding hydrogens is 200 g/mol. The number of rotatable bonds is 4. The highest BCUT2D eigenvalue weighted by Gasteiger charge is 2.30. The van der Waals surface area contributed by atoms with Gasteiger partial charge in [0.05, 0.1) is 6.61 Å². The molecule has 0 saturated heterocycles. The molecule has 94 valence electrons. The normalized spacial score (nSPS) is 32.4. The van der Waals surface area contributed by atoms with Crippen molar-refractivity contribution < 1.29 is 5.11 Å². The molecule has 0 radical (unpaired) electrons. The summed E-state index contributed by atoms with van der Waals surface area (Å²) < 4.78 is 0. The average Bonchev–Trinajstić information content (AvgIpc) is 2.81. The molecule has 0 unspecified atom stereocenters. The Balaban J connectivity index is 1.90. The Kier molecular flexibility index (Phi) is 4.62. The highest BCUT2D eigenvalue weighted by atomic mass is 16.3. The fourth-order valence-corrected chi connectivity index (χ4v) is 3.45. The first kappa shape index (κ1) is 12.3. The summed E-state index contributed by atoms with van der Waals surface area (Å²) >= 11 is 0. The third-order valence-corrected chi connectivity index (χ3v) is 4.36. The molecule has 0 aliphatic heterocycles.